The maximum atomic E-state index is 13.6. The number of aliphatic hydroxyl groups excluding tert-OH is 1. The molecule has 2 aromatic carbocycles. The Kier molecular flexibility index (Phi) is 11.8. The fourth-order valence-corrected chi connectivity index (χ4v) is 5.80. The number of hydrogen-bond donors (Lipinski definition) is 1. The molecule has 1 amide bonds. The van der Waals surface area contributed by atoms with E-state index in [1.807, 2.05) is 13.8 Å². The van der Waals surface area contributed by atoms with Gasteiger partial charge in [0.1, 0.15) is 22.1 Å². The monoisotopic (exact) mass is 634 g/mol. The molecule has 45 heavy (non-hydrogen) atoms. The average Bonchev–Trinajstić information content (AvgIpc) is 3.54. The Morgan fingerprint density at radius 2 is 1.53 bits per heavy atom. The van der Waals surface area contributed by atoms with Crippen molar-refractivity contribution in [3.05, 3.63) is 75.8 Å². The zero-order chi connectivity index (χ0) is 32.5. The van der Waals surface area contributed by atoms with Crippen molar-refractivity contribution in [3.63, 3.8) is 0 Å². The summed E-state index contributed by atoms with van der Waals surface area (Å²) >= 11 is 0.982. The van der Waals surface area contributed by atoms with Crippen LogP contribution in [0.5, 0.6) is 11.5 Å². The Bertz CT molecular complexity index is 1510. The van der Waals surface area contributed by atoms with Gasteiger partial charge in [0.05, 0.1) is 37.1 Å². The Balaban J connectivity index is 1.74. The third-order valence-corrected chi connectivity index (χ3v) is 8.41. The summed E-state index contributed by atoms with van der Waals surface area (Å²) in [7, 11) is 0. The average molecular weight is 635 g/mol. The summed E-state index contributed by atoms with van der Waals surface area (Å²) in [5.41, 5.74) is 1.25. The third-order valence-electron chi connectivity index (χ3n) is 7.28. The van der Waals surface area contributed by atoms with E-state index in [4.69, 9.17) is 14.2 Å². The molecule has 1 saturated heterocycles. The van der Waals surface area contributed by atoms with Gasteiger partial charge in [-0.2, -0.15) is 0 Å². The van der Waals surface area contributed by atoms with E-state index in [2.05, 4.69) is 18.8 Å². The van der Waals surface area contributed by atoms with Crippen LogP contribution in [0.4, 0.5) is 5.13 Å². The Labute approximate surface area is 268 Å². The number of carbonyl (C=O) groups excluding carboxylic acids is 3. The van der Waals surface area contributed by atoms with Crippen molar-refractivity contribution in [1.29, 1.82) is 0 Å². The molecular formula is C35H42N2O7S. The van der Waals surface area contributed by atoms with E-state index in [1.165, 1.54) is 4.90 Å². The molecule has 1 atom stereocenters. The van der Waals surface area contributed by atoms with Crippen molar-refractivity contribution >= 4 is 39.9 Å². The number of rotatable bonds is 15. The van der Waals surface area contributed by atoms with Crippen molar-refractivity contribution in [2.24, 2.45) is 5.92 Å². The number of ether oxygens (including phenoxy) is 3. The van der Waals surface area contributed by atoms with Crippen molar-refractivity contribution in [2.75, 3.05) is 24.7 Å². The van der Waals surface area contributed by atoms with Crippen LogP contribution in [0, 0.1) is 12.8 Å². The summed E-state index contributed by atoms with van der Waals surface area (Å²) in [4.78, 5) is 46.1. The van der Waals surface area contributed by atoms with Crippen LogP contribution in [-0.2, 0) is 14.3 Å². The molecule has 1 aliphatic heterocycles. The first-order valence-electron chi connectivity index (χ1n) is 15.6. The third kappa shape index (κ3) is 8.11. The fraction of sp³-hybridized carbons (Fsp3) is 0.429. The van der Waals surface area contributed by atoms with Gasteiger partial charge in [0, 0.05) is 5.56 Å². The Morgan fingerprint density at radius 3 is 2.13 bits per heavy atom. The summed E-state index contributed by atoms with van der Waals surface area (Å²) in [6, 6.07) is 12.9. The normalized spacial score (nSPS) is 16.0. The van der Waals surface area contributed by atoms with Crippen LogP contribution in [-0.4, -0.2) is 47.6 Å². The SMILES string of the molecule is CCCCCOc1ccc([C@H]2C(=C(O)c3ccc(OCCCC)cc3)C(=O)C(=O)N2c2nc(C)c(C(=O)OCC(C)C)s2)cc1. The van der Waals surface area contributed by atoms with Gasteiger partial charge in [0.2, 0.25) is 0 Å². The van der Waals surface area contributed by atoms with Crippen LogP contribution in [0.3, 0.4) is 0 Å². The second-order valence-corrected chi connectivity index (χ2v) is 12.4. The molecule has 1 aromatic heterocycles. The molecule has 9 nitrogen and oxygen atoms in total. The first kappa shape index (κ1) is 33.7. The first-order chi connectivity index (χ1) is 21.7. The lowest BCUT2D eigenvalue weighted by molar-refractivity contribution is -0.132. The number of thiazole rings is 1. The minimum absolute atomic E-state index is 0.0759. The second-order valence-electron chi connectivity index (χ2n) is 11.4. The minimum Gasteiger partial charge on any atom is -0.507 e. The quantitative estimate of drug-likeness (QED) is 0.0596. The van der Waals surface area contributed by atoms with Gasteiger partial charge in [-0.1, -0.05) is 70.4 Å². The molecule has 4 rings (SSSR count). The highest BCUT2D eigenvalue weighted by atomic mass is 32.1. The van der Waals surface area contributed by atoms with Crippen LogP contribution in [0.15, 0.2) is 54.1 Å². The molecular weight excluding hydrogens is 592 g/mol. The molecule has 10 heteroatoms. The molecule has 0 spiro atoms. The van der Waals surface area contributed by atoms with Gasteiger partial charge >= 0.3 is 11.9 Å². The number of amides is 1. The lowest BCUT2D eigenvalue weighted by Crippen LogP contribution is -2.29. The molecule has 2 heterocycles. The lowest BCUT2D eigenvalue weighted by atomic mass is 9.95. The predicted molar refractivity (Wildman–Crippen MR) is 175 cm³/mol. The summed E-state index contributed by atoms with van der Waals surface area (Å²) in [6.45, 7) is 11.1. The number of Topliss-reactive ketones (excluding diaryl/α,β-unsaturated/α-hetero) is 1. The number of nitrogens with zero attached hydrogens (tertiary/aromatic N) is 2. The number of aryl methyl sites for hydroxylation is 1. The highest BCUT2D eigenvalue weighted by molar-refractivity contribution is 7.17. The van der Waals surface area contributed by atoms with Gasteiger partial charge in [0.15, 0.2) is 5.13 Å². The van der Waals surface area contributed by atoms with Gasteiger partial charge in [-0.25, -0.2) is 9.78 Å². The molecule has 1 N–H and O–H groups in total. The van der Waals surface area contributed by atoms with Crippen LogP contribution >= 0.6 is 11.3 Å². The maximum absolute atomic E-state index is 13.6. The first-order valence-corrected chi connectivity index (χ1v) is 16.4. The lowest BCUT2D eigenvalue weighted by Gasteiger charge is -2.23. The maximum Gasteiger partial charge on any atom is 0.350 e. The van der Waals surface area contributed by atoms with E-state index in [0.29, 0.717) is 41.5 Å². The standard InChI is InChI=1S/C35H42N2O7S/c1-6-8-10-20-43-26-15-11-24(12-16-26)29-28(30(38)25-13-17-27(18-14-25)42-19-9-7-2)31(39)33(40)37(29)35-36-23(5)32(45-35)34(41)44-21-22(3)4/h11-18,22,29,38H,6-10,19-21H2,1-5H3/t29-/m0/s1. The van der Waals surface area contributed by atoms with Gasteiger partial charge in [0.25, 0.3) is 5.78 Å². The number of ketones is 1. The second kappa shape index (κ2) is 15.7. The summed E-state index contributed by atoms with van der Waals surface area (Å²) in [5.74, 6) is -1.11. The van der Waals surface area contributed by atoms with Crippen LogP contribution in [0.25, 0.3) is 5.76 Å². The fourth-order valence-electron chi connectivity index (χ4n) is 4.82. The number of aliphatic hydroxyl groups is 1. The van der Waals surface area contributed by atoms with E-state index in [0.717, 1.165) is 43.4 Å². The molecule has 1 fully saturated rings. The van der Waals surface area contributed by atoms with Crippen LogP contribution < -0.4 is 14.4 Å². The minimum atomic E-state index is -0.996. The van der Waals surface area contributed by atoms with Gasteiger partial charge in [-0.05, 0) is 67.6 Å². The summed E-state index contributed by atoms with van der Waals surface area (Å²) in [5, 5.41) is 11.7. The molecule has 240 valence electrons. The molecule has 0 bridgehead atoms. The molecule has 0 saturated carbocycles. The van der Waals surface area contributed by atoms with Gasteiger partial charge in [-0.15, -0.1) is 0 Å². The predicted octanol–water partition coefficient (Wildman–Crippen LogP) is 7.64. The largest absolute Gasteiger partial charge is 0.507 e. The van der Waals surface area contributed by atoms with Crippen molar-refractivity contribution in [3.8, 4) is 11.5 Å². The molecule has 0 radical (unpaired) electrons. The Hall–Kier alpha value is -4.18. The number of unbranched alkanes of at least 4 members (excludes halogenated alkanes) is 3. The number of carbonyl (C=O) groups is 3. The summed E-state index contributed by atoms with van der Waals surface area (Å²) < 4.78 is 17.0. The van der Waals surface area contributed by atoms with E-state index in [-0.39, 0.29) is 33.9 Å². The van der Waals surface area contributed by atoms with Crippen molar-refractivity contribution in [1.82, 2.24) is 4.98 Å². The molecule has 1 aliphatic rings. The van der Waals surface area contributed by atoms with E-state index < -0.39 is 23.7 Å². The number of aromatic nitrogens is 1. The molecule has 3 aromatic rings. The smallest absolute Gasteiger partial charge is 0.350 e. The summed E-state index contributed by atoms with van der Waals surface area (Å²) in [6.07, 6.45) is 5.01. The number of esters is 1. The number of anilines is 1. The number of hydrogen-bond acceptors (Lipinski definition) is 9. The molecule has 0 aliphatic carbocycles. The number of benzene rings is 2. The molecule has 0 unspecified atom stereocenters. The van der Waals surface area contributed by atoms with Gasteiger partial charge in [-0.3, -0.25) is 14.5 Å². The zero-order valence-corrected chi connectivity index (χ0v) is 27.4. The van der Waals surface area contributed by atoms with Crippen LogP contribution in [0.2, 0.25) is 0 Å². The van der Waals surface area contributed by atoms with E-state index in [1.54, 1.807) is 55.5 Å². The van der Waals surface area contributed by atoms with Gasteiger partial charge < -0.3 is 19.3 Å². The highest BCUT2D eigenvalue weighted by Gasteiger charge is 2.48. The van der Waals surface area contributed by atoms with Crippen molar-refractivity contribution in [2.45, 2.75) is 72.8 Å². The van der Waals surface area contributed by atoms with E-state index >= 15 is 0 Å². The Morgan fingerprint density at radius 1 is 0.933 bits per heavy atom. The van der Waals surface area contributed by atoms with Crippen LogP contribution in [0.1, 0.15) is 92.3 Å². The van der Waals surface area contributed by atoms with E-state index in [9.17, 15) is 19.5 Å². The highest BCUT2D eigenvalue weighted by Crippen LogP contribution is 2.44. The zero-order valence-electron chi connectivity index (χ0n) is 26.6. The van der Waals surface area contributed by atoms with Crippen molar-refractivity contribution < 1.29 is 33.7 Å². The topological polar surface area (TPSA) is 115 Å².